The molecule has 8 nitrogen and oxygen atoms in total. The van der Waals surface area contributed by atoms with E-state index in [1.54, 1.807) is 59.7 Å². The summed E-state index contributed by atoms with van der Waals surface area (Å²) in [5.74, 6) is -1.90. The number of hydrogen-bond acceptors (Lipinski definition) is 7. The highest BCUT2D eigenvalue weighted by atomic mass is 35.5. The third-order valence-corrected chi connectivity index (χ3v) is 7.77. The lowest BCUT2D eigenvalue weighted by molar-refractivity contribution is -0.126. The fraction of sp³-hybridized carbons (Fsp3) is 0.129. The summed E-state index contributed by atoms with van der Waals surface area (Å²) in [4.78, 5) is 47.4. The molecular formula is C31H22Cl2N2O6. The Balaban J connectivity index is 1.38. The van der Waals surface area contributed by atoms with E-state index in [0.717, 1.165) is 4.90 Å². The average molecular weight is 589 g/mol. The maximum Gasteiger partial charge on any atom is 0.343 e. The van der Waals surface area contributed by atoms with Gasteiger partial charge in [-0.3, -0.25) is 14.4 Å². The lowest BCUT2D eigenvalue weighted by Gasteiger charge is -2.29. The number of hydrogen-bond donors (Lipinski definition) is 0. The third kappa shape index (κ3) is 4.80. The van der Waals surface area contributed by atoms with Gasteiger partial charge in [0.15, 0.2) is 17.6 Å². The smallest absolute Gasteiger partial charge is 0.343 e. The minimum Gasteiger partial charge on any atom is -0.493 e. The number of benzene rings is 4. The number of hydroxylamine groups is 1. The van der Waals surface area contributed by atoms with Gasteiger partial charge in [0.05, 0.1) is 40.1 Å². The second-order valence-electron chi connectivity index (χ2n) is 9.43. The van der Waals surface area contributed by atoms with Crippen LogP contribution in [0.25, 0.3) is 0 Å². The monoisotopic (exact) mass is 588 g/mol. The summed E-state index contributed by atoms with van der Waals surface area (Å²) in [6, 6.07) is 26.6. The largest absolute Gasteiger partial charge is 0.493 e. The van der Waals surface area contributed by atoms with Crippen LogP contribution in [0.15, 0.2) is 97.1 Å². The standard InChI is InChI=1S/C31H22Cl2N2O6/c1-39-25-16-19(12-15-24(25)40-31(38)18-8-4-2-5-9-18)27-26-28(41-35(27)20-10-6-3-7-11-20)30(37)34(29(26)36)21-13-14-22(32)23(33)17-21/h2-17,26-28H,1H3/t26-,27-,28-/m0/s1. The first kappa shape index (κ1) is 26.8. The van der Waals surface area contributed by atoms with Crippen molar-refractivity contribution in [3.05, 3.63) is 118 Å². The first-order valence-electron chi connectivity index (χ1n) is 12.7. The Morgan fingerprint density at radius 3 is 2.17 bits per heavy atom. The van der Waals surface area contributed by atoms with Gasteiger partial charge in [0.2, 0.25) is 5.91 Å². The number of carbonyl (C=O) groups is 3. The molecule has 0 bridgehead atoms. The number of fused-ring (bicyclic) bond motifs is 1. The molecule has 2 fully saturated rings. The molecule has 2 saturated heterocycles. The van der Waals surface area contributed by atoms with Crippen LogP contribution in [0.2, 0.25) is 10.0 Å². The number of anilines is 2. The number of carbonyl (C=O) groups excluding carboxylic acids is 3. The molecule has 206 valence electrons. The molecule has 0 N–H and O–H groups in total. The zero-order chi connectivity index (χ0) is 28.7. The van der Waals surface area contributed by atoms with E-state index in [9.17, 15) is 14.4 Å². The number of rotatable bonds is 6. The molecule has 0 saturated carbocycles. The number of nitrogens with zero attached hydrogens (tertiary/aromatic N) is 2. The summed E-state index contributed by atoms with van der Waals surface area (Å²) in [6.45, 7) is 0. The van der Waals surface area contributed by atoms with Gasteiger partial charge in [-0.15, -0.1) is 0 Å². The molecule has 2 aliphatic rings. The van der Waals surface area contributed by atoms with Crippen molar-refractivity contribution in [3.63, 3.8) is 0 Å². The molecule has 3 atom stereocenters. The quantitative estimate of drug-likeness (QED) is 0.149. The van der Waals surface area contributed by atoms with Gasteiger partial charge >= 0.3 is 5.97 Å². The SMILES string of the molecule is COc1cc([C@H]2[C@@H]3C(=O)N(c4ccc(Cl)c(Cl)c4)C(=O)[C@H]3ON2c2ccccc2)ccc1OC(=O)c1ccccc1. The topological polar surface area (TPSA) is 85.4 Å². The number of methoxy groups -OCH3 is 1. The molecule has 4 aromatic carbocycles. The molecule has 41 heavy (non-hydrogen) atoms. The minimum atomic E-state index is -1.08. The van der Waals surface area contributed by atoms with Gasteiger partial charge in [0.1, 0.15) is 5.92 Å². The van der Waals surface area contributed by atoms with E-state index in [0.29, 0.717) is 27.5 Å². The third-order valence-electron chi connectivity index (χ3n) is 7.03. The Morgan fingerprint density at radius 1 is 0.780 bits per heavy atom. The van der Waals surface area contributed by atoms with E-state index < -0.39 is 35.8 Å². The molecule has 10 heteroatoms. The summed E-state index contributed by atoms with van der Waals surface area (Å²) < 4.78 is 11.2. The maximum absolute atomic E-state index is 13.9. The highest BCUT2D eigenvalue weighted by molar-refractivity contribution is 6.42. The Kier molecular flexibility index (Phi) is 7.13. The number of esters is 1. The molecular weight excluding hydrogens is 567 g/mol. The van der Waals surface area contributed by atoms with Crippen LogP contribution in [0.1, 0.15) is 22.0 Å². The molecule has 2 aliphatic heterocycles. The molecule has 4 aromatic rings. The first-order chi connectivity index (χ1) is 19.9. The van der Waals surface area contributed by atoms with Crippen molar-refractivity contribution in [3.8, 4) is 11.5 Å². The van der Waals surface area contributed by atoms with Crippen LogP contribution in [0.3, 0.4) is 0 Å². The molecule has 2 heterocycles. The zero-order valence-corrected chi connectivity index (χ0v) is 23.1. The fourth-order valence-corrected chi connectivity index (χ4v) is 5.41. The molecule has 0 radical (unpaired) electrons. The van der Waals surface area contributed by atoms with E-state index >= 15 is 0 Å². The van der Waals surface area contributed by atoms with Gasteiger partial charge in [-0.25, -0.2) is 14.8 Å². The summed E-state index contributed by atoms with van der Waals surface area (Å²) in [5.41, 5.74) is 1.97. The van der Waals surface area contributed by atoms with Gasteiger partial charge in [-0.1, -0.05) is 65.7 Å². The van der Waals surface area contributed by atoms with E-state index in [-0.39, 0.29) is 16.5 Å². The van der Waals surface area contributed by atoms with E-state index in [4.69, 9.17) is 37.5 Å². The average Bonchev–Trinajstić information content (AvgIpc) is 3.51. The van der Waals surface area contributed by atoms with Crippen LogP contribution in [0.5, 0.6) is 11.5 Å². The number of halogens is 2. The van der Waals surface area contributed by atoms with Gasteiger partial charge in [0, 0.05) is 0 Å². The molecule has 0 spiro atoms. The van der Waals surface area contributed by atoms with Crippen LogP contribution in [0, 0.1) is 5.92 Å². The van der Waals surface area contributed by atoms with Crippen molar-refractivity contribution in [2.75, 3.05) is 17.1 Å². The van der Waals surface area contributed by atoms with Gasteiger partial charge < -0.3 is 9.47 Å². The number of ether oxygens (including phenoxy) is 2. The van der Waals surface area contributed by atoms with Crippen LogP contribution < -0.4 is 19.4 Å². The molecule has 6 rings (SSSR count). The maximum atomic E-state index is 13.9. The number of imide groups is 1. The normalized spacial score (nSPS) is 19.8. The summed E-state index contributed by atoms with van der Waals surface area (Å²) in [7, 11) is 1.46. The lowest BCUT2D eigenvalue weighted by Crippen LogP contribution is -2.37. The van der Waals surface area contributed by atoms with Crippen LogP contribution in [-0.2, 0) is 14.4 Å². The highest BCUT2D eigenvalue weighted by Crippen LogP contribution is 2.49. The highest BCUT2D eigenvalue weighted by Gasteiger charge is 2.60. The van der Waals surface area contributed by atoms with Crippen molar-refractivity contribution in [2.24, 2.45) is 5.92 Å². The fourth-order valence-electron chi connectivity index (χ4n) is 5.12. The predicted molar refractivity (Wildman–Crippen MR) is 153 cm³/mol. The van der Waals surface area contributed by atoms with Crippen molar-refractivity contribution in [1.82, 2.24) is 0 Å². The van der Waals surface area contributed by atoms with E-state index in [1.807, 2.05) is 30.3 Å². The molecule has 0 unspecified atom stereocenters. The Labute approximate surface area is 245 Å². The molecule has 0 aliphatic carbocycles. The lowest BCUT2D eigenvalue weighted by atomic mass is 9.90. The van der Waals surface area contributed by atoms with Crippen molar-refractivity contribution >= 4 is 52.4 Å². The predicted octanol–water partition coefficient (Wildman–Crippen LogP) is 6.27. The second-order valence-corrected chi connectivity index (χ2v) is 10.2. The summed E-state index contributed by atoms with van der Waals surface area (Å²) in [5, 5.41) is 2.09. The molecule has 2 amide bonds. The summed E-state index contributed by atoms with van der Waals surface area (Å²) in [6.07, 6.45) is -1.08. The van der Waals surface area contributed by atoms with E-state index in [1.165, 1.54) is 19.2 Å². The van der Waals surface area contributed by atoms with Crippen LogP contribution in [0.4, 0.5) is 11.4 Å². The summed E-state index contributed by atoms with van der Waals surface area (Å²) >= 11 is 12.2. The van der Waals surface area contributed by atoms with E-state index in [2.05, 4.69) is 0 Å². The minimum absolute atomic E-state index is 0.207. The van der Waals surface area contributed by atoms with Crippen molar-refractivity contribution in [2.45, 2.75) is 12.1 Å². The van der Waals surface area contributed by atoms with Crippen LogP contribution >= 0.6 is 23.2 Å². The first-order valence-corrected chi connectivity index (χ1v) is 13.4. The van der Waals surface area contributed by atoms with Crippen molar-refractivity contribution < 1.29 is 28.7 Å². The Hall–Kier alpha value is -4.37. The van der Waals surface area contributed by atoms with Crippen LogP contribution in [-0.4, -0.2) is 31.0 Å². The molecule has 0 aromatic heterocycles. The Bertz CT molecular complexity index is 1650. The number of para-hydroxylation sites is 1. The second kappa shape index (κ2) is 10.9. The van der Waals surface area contributed by atoms with Crippen molar-refractivity contribution in [1.29, 1.82) is 0 Å². The zero-order valence-electron chi connectivity index (χ0n) is 21.6. The number of amides is 2. The van der Waals surface area contributed by atoms with Gasteiger partial charge in [0.25, 0.3) is 5.91 Å². The van der Waals surface area contributed by atoms with Gasteiger partial charge in [-0.05, 0) is 60.2 Å². The van der Waals surface area contributed by atoms with Gasteiger partial charge in [-0.2, -0.15) is 0 Å². The Morgan fingerprint density at radius 2 is 1.49 bits per heavy atom.